The van der Waals surface area contributed by atoms with Crippen LogP contribution in [0.1, 0.15) is 45.4 Å². The van der Waals surface area contributed by atoms with E-state index in [-0.39, 0.29) is 11.3 Å². The van der Waals surface area contributed by atoms with E-state index in [1.807, 2.05) is 0 Å². The first-order valence-electron chi connectivity index (χ1n) is 9.24. The van der Waals surface area contributed by atoms with E-state index in [9.17, 15) is 9.63 Å². The molecule has 6 heteroatoms. The highest BCUT2D eigenvalue weighted by Gasteiger charge is 2.36. The number of ether oxygens (including phenoxy) is 1. The van der Waals surface area contributed by atoms with Crippen LogP contribution in [-0.2, 0) is 9.68 Å². The topological polar surface area (TPSA) is 50.7 Å². The molecular weight excluding hydrogens is 333 g/mol. The van der Waals surface area contributed by atoms with Gasteiger partial charge in [0.25, 0.3) is 0 Å². The van der Waals surface area contributed by atoms with Gasteiger partial charge in [-0.25, -0.2) is 0 Å². The second kappa shape index (κ2) is 8.24. The second-order valence-corrected chi connectivity index (χ2v) is 8.36. The van der Waals surface area contributed by atoms with Gasteiger partial charge in [-0.1, -0.05) is 6.92 Å². The number of aliphatic hydroxyl groups excluding tert-OH is 1. The van der Waals surface area contributed by atoms with E-state index in [1.165, 1.54) is 12.8 Å². The number of alkyl halides is 1. The summed E-state index contributed by atoms with van der Waals surface area (Å²) < 4.78 is 18.5. The van der Waals surface area contributed by atoms with Gasteiger partial charge in [-0.2, -0.15) is 0 Å². The van der Waals surface area contributed by atoms with Gasteiger partial charge in [-0.05, 0) is 55.9 Å². The molecule has 0 spiro atoms. The van der Waals surface area contributed by atoms with Crippen molar-refractivity contribution >= 4 is 11.6 Å². The molecule has 4 nitrogen and oxygen atoms in total. The van der Waals surface area contributed by atoms with Crippen LogP contribution in [0.4, 0.5) is 4.53 Å². The largest absolute Gasteiger partial charge is 0.494 e. The number of nitrogens with one attached hydrogen (secondary N) is 1. The van der Waals surface area contributed by atoms with Crippen molar-refractivity contribution in [3.05, 3.63) is 11.5 Å². The third kappa shape index (κ3) is 4.55. The molecule has 1 saturated carbocycles. The van der Waals surface area contributed by atoms with Gasteiger partial charge in [0.15, 0.2) is 5.76 Å². The van der Waals surface area contributed by atoms with E-state index in [0.29, 0.717) is 55.1 Å². The Labute approximate surface area is 148 Å². The summed E-state index contributed by atoms with van der Waals surface area (Å²) in [5, 5.41) is 14.1. The predicted molar refractivity (Wildman–Crippen MR) is 91.0 cm³/mol. The maximum atomic E-state index is 12.7. The predicted octanol–water partition coefficient (Wildman–Crippen LogP) is 3.54. The molecule has 138 valence electrons. The summed E-state index contributed by atoms with van der Waals surface area (Å²) >= 11 is 6.45. The molecule has 2 fully saturated rings. The molecule has 3 unspecified atom stereocenters. The molecule has 3 aliphatic rings. The van der Waals surface area contributed by atoms with Gasteiger partial charge in [0.2, 0.25) is 0 Å². The summed E-state index contributed by atoms with van der Waals surface area (Å²) in [7, 11) is 0. The van der Waals surface area contributed by atoms with Crippen LogP contribution in [0.5, 0.6) is 0 Å². The average molecular weight is 362 g/mol. The monoisotopic (exact) mass is 361 g/mol. The number of allylic oxidation sites excluding steroid dienone is 2. The molecule has 3 rings (SSSR count). The molecule has 2 N–H and O–H groups in total. The van der Waals surface area contributed by atoms with Crippen LogP contribution >= 0.6 is 11.6 Å². The molecule has 0 aromatic carbocycles. The molecule has 2 aliphatic carbocycles. The van der Waals surface area contributed by atoms with Crippen LogP contribution in [0.3, 0.4) is 0 Å². The minimum Gasteiger partial charge on any atom is -0.494 e. The normalized spacial score (nSPS) is 35.7. The fraction of sp³-hybridized carbons (Fsp3) is 0.889. The first-order valence-corrected chi connectivity index (χ1v) is 9.68. The fourth-order valence-corrected chi connectivity index (χ4v) is 4.38. The summed E-state index contributed by atoms with van der Waals surface area (Å²) in [6.07, 6.45) is 4.42. The molecule has 0 amide bonds. The van der Waals surface area contributed by atoms with Gasteiger partial charge in [0.05, 0.1) is 12.7 Å². The van der Waals surface area contributed by atoms with Crippen molar-refractivity contribution in [3.63, 3.8) is 0 Å². The molecule has 0 bridgehead atoms. The molecule has 1 heterocycles. The summed E-state index contributed by atoms with van der Waals surface area (Å²) in [4.78, 5) is 4.01. The Morgan fingerprint density at radius 2 is 2.08 bits per heavy atom. The highest BCUT2D eigenvalue weighted by molar-refractivity contribution is 6.21. The van der Waals surface area contributed by atoms with E-state index in [4.69, 9.17) is 16.3 Å². The zero-order valence-electron chi connectivity index (χ0n) is 14.3. The van der Waals surface area contributed by atoms with Crippen LogP contribution < -0.4 is 5.32 Å². The minimum absolute atomic E-state index is 0.0536. The van der Waals surface area contributed by atoms with Gasteiger partial charge in [0.1, 0.15) is 5.76 Å². The molecule has 5 atom stereocenters. The van der Waals surface area contributed by atoms with Crippen molar-refractivity contribution in [1.82, 2.24) is 5.32 Å². The zero-order chi connectivity index (χ0) is 17.1. The highest BCUT2D eigenvalue weighted by Crippen LogP contribution is 2.38. The average Bonchev–Trinajstić information content (AvgIpc) is 3.40. The number of hydrogen-bond donors (Lipinski definition) is 2. The molecule has 1 saturated heterocycles. The van der Waals surface area contributed by atoms with Crippen LogP contribution in [0.2, 0.25) is 0 Å². The van der Waals surface area contributed by atoms with Gasteiger partial charge in [-0.15, -0.1) is 11.6 Å². The maximum absolute atomic E-state index is 12.7. The first-order chi connectivity index (χ1) is 11.6. The lowest BCUT2D eigenvalue weighted by Gasteiger charge is -2.37. The quantitative estimate of drug-likeness (QED) is 0.681. The number of aliphatic hydroxyl groups is 1. The molecular formula is C18H29ClFNO3. The Hall–Kier alpha value is -0.520. The van der Waals surface area contributed by atoms with Crippen LogP contribution in [-0.4, -0.2) is 36.3 Å². The van der Waals surface area contributed by atoms with Crippen LogP contribution in [0.25, 0.3) is 0 Å². The Morgan fingerprint density at radius 3 is 2.75 bits per heavy atom. The standard InChI is InChI=1S/C18H29ClFNO3/c1-11-8-21-9-15(19)14(11)7-16(22)13-4-5-17(24-20)18(6-13)23-10-12-2-3-12/h11-16,21-22H,2-10H2,1H3/t11?,13-,14?,15?,16-/m0/s1. The molecule has 1 aliphatic heterocycles. The highest BCUT2D eigenvalue weighted by atomic mass is 35.5. The van der Waals surface area contributed by atoms with Crippen LogP contribution in [0, 0.1) is 23.7 Å². The van der Waals surface area contributed by atoms with E-state index in [2.05, 4.69) is 17.2 Å². The third-order valence-corrected chi connectivity index (χ3v) is 6.32. The molecule has 0 aromatic heterocycles. The first kappa shape index (κ1) is 18.3. The summed E-state index contributed by atoms with van der Waals surface area (Å²) in [6, 6.07) is 0. The Balaban J connectivity index is 1.56. The van der Waals surface area contributed by atoms with Crippen molar-refractivity contribution in [1.29, 1.82) is 0 Å². The van der Waals surface area contributed by atoms with Crippen molar-refractivity contribution in [2.75, 3.05) is 19.7 Å². The van der Waals surface area contributed by atoms with Crippen molar-refractivity contribution in [2.45, 2.75) is 56.9 Å². The number of rotatable bonds is 7. The van der Waals surface area contributed by atoms with Crippen LogP contribution in [0.15, 0.2) is 11.5 Å². The Morgan fingerprint density at radius 1 is 1.29 bits per heavy atom. The number of hydrogen-bond acceptors (Lipinski definition) is 4. The number of halogens is 2. The fourth-order valence-electron chi connectivity index (χ4n) is 3.92. The zero-order valence-corrected chi connectivity index (χ0v) is 15.1. The molecule has 0 radical (unpaired) electrons. The van der Waals surface area contributed by atoms with Crippen molar-refractivity contribution in [3.8, 4) is 0 Å². The Bertz CT molecular complexity index is 448. The maximum Gasteiger partial charge on any atom is 0.186 e. The lowest BCUT2D eigenvalue weighted by Crippen LogP contribution is -2.45. The lowest BCUT2D eigenvalue weighted by atomic mass is 9.78. The van der Waals surface area contributed by atoms with Crippen molar-refractivity contribution in [2.24, 2.45) is 23.7 Å². The van der Waals surface area contributed by atoms with Gasteiger partial charge in [0, 0.05) is 29.3 Å². The minimum atomic E-state index is -0.433. The lowest BCUT2D eigenvalue weighted by molar-refractivity contribution is -0.101. The smallest absolute Gasteiger partial charge is 0.186 e. The second-order valence-electron chi connectivity index (χ2n) is 7.80. The SMILES string of the molecule is CC1CNCC(Cl)C1C[C@H](O)[C@H]1CCC(OF)=C(OCC2CC2)C1. The third-order valence-electron chi connectivity index (χ3n) is 5.84. The summed E-state index contributed by atoms with van der Waals surface area (Å²) in [5.74, 6) is 2.36. The Kier molecular flexibility index (Phi) is 6.27. The number of piperidine rings is 1. The summed E-state index contributed by atoms with van der Waals surface area (Å²) in [5.41, 5.74) is 0. The van der Waals surface area contributed by atoms with Gasteiger partial charge in [-0.3, -0.25) is 4.94 Å². The van der Waals surface area contributed by atoms with Gasteiger partial charge < -0.3 is 15.2 Å². The van der Waals surface area contributed by atoms with E-state index in [1.54, 1.807) is 0 Å². The van der Waals surface area contributed by atoms with E-state index < -0.39 is 6.10 Å². The van der Waals surface area contributed by atoms with Gasteiger partial charge >= 0.3 is 0 Å². The molecule has 24 heavy (non-hydrogen) atoms. The van der Waals surface area contributed by atoms with E-state index >= 15 is 0 Å². The summed E-state index contributed by atoms with van der Waals surface area (Å²) in [6.45, 7) is 4.56. The van der Waals surface area contributed by atoms with Crippen molar-refractivity contribution < 1.29 is 19.3 Å². The molecule has 0 aromatic rings. The van der Waals surface area contributed by atoms with E-state index in [0.717, 1.165) is 19.5 Å².